The van der Waals surface area contributed by atoms with Crippen molar-refractivity contribution in [3.8, 4) is 0 Å². The minimum atomic E-state index is -0.0111. The molecule has 0 saturated heterocycles. The van der Waals surface area contributed by atoms with Crippen LogP contribution in [0.3, 0.4) is 0 Å². The Kier molecular flexibility index (Phi) is 7.25. The number of aliphatic hydroxyl groups excluding tert-OH is 1. The molecule has 0 fully saturated rings. The minimum Gasteiger partial charge on any atom is -0.395 e. The first kappa shape index (κ1) is 17.0. The first-order valence-electron chi connectivity index (χ1n) is 7.02. The fourth-order valence-corrected chi connectivity index (χ4v) is 1.70. The van der Waals surface area contributed by atoms with Gasteiger partial charge in [-0.05, 0) is 24.6 Å². The number of aliphatic imine (C=N–C) groups is 1. The van der Waals surface area contributed by atoms with Gasteiger partial charge in [0, 0.05) is 32.7 Å². The molecule has 0 spiro atoms. The average molecular weight is 292 g/mol. The maximum absolute atomic E-state index is 11.8. The summed E-state index contributed by atoms with van der Waals surface area (Å²) >= 11 is 0. The Hall–Kier alpha value is -2.08. The van der Waals surface area contributed by atoms with Gasteiger partial charge < -0.3 is 20.6 Å². The molecule has 0 aliphatic heterocycles. The Morgan fingerprint density at radius 1 is 1.24 bits per heavy atom. The Bertz CT molecular complexity index is 469. The molecule has 0 saturated carbocycles. The third kappa shape index (κ3) is 5.83. The predicted octanol–water partition coefficient (Wildman–Crippen LogP) is 0.436. The summed E-state index contributed by atoms with van der Waals surface area (Å²) in [4.78, 5) is 17.7. The number of aliphatic hydroxyl groups is 1. The molecule has 0 aromatic heterocycles. The van der Waals surface area contributed by atoms with Crippen molar-refractivity contribution < 1.29 is 9.90 Å². The number of guanidine groups is 1. The number of amides is 1. The van der Waals surface area contributed by atoms with Gasteiger partial charge >= 0.3 is 0 Å². The SMILES string of the molecule is CCNC(=NCc1ccc(C(=O)N(C)C)cc1)NCCO. The zero-order valence-corrected chi connectivity index (χ0v) is 12.9. The quantitative estimate of drug-likeness (QED) is 0.525. The molecule has 1 amide bonds. The van der Waals surface area contributed by atoms with Crippen LogP contribution in [0.4, 0.5) is 0 Å². The second-order valence-electron chi connectivity index (χ2n) is 4.74. The van der Waals surface area contributed by atoms with Crippen molar-refractivity contribution >= 4 is 11.9 Å². The third-order valence-electron chi connectivity index (χ3n) is 2.78. The number of carbonyl (C=O) groups excluding carboxylic acids is 1. The standard InChI is InChI=1S/C15H24N4O2/c1-4-16-15(17-9-10-20)18-11-12-5-7-13(8-6-12)14(21)19(2)3/h5-8,20H,4,9-11H2,1-3H3,(H2,16,17,18). The molecule has 6 nitrogen and oxygen atoms in total. The number of nitrogens with one attached hydrogen (secondary N) is 2. The Morgan fingerprint density at radius 2 is 1.90 bits per heavy atom. The van der Waals surface area contributed by atoms with Gasteiger partial charge in [-0.3, -0.25) is 4.79 Å². The summed E-state index contributed by atoms with van der Waals surface area (Å²) in [6, 6.07) is 7.41. The van der Waals surface area contributed by atoms with Crippen LogP contribution >= 0.6 is 0 Å². The molecule has 0 aliphatic rings. The van der Waals surface area contributed by atoms with E-state index in [1.165, 1.54) is 0 Å². The molecule has 6 heteroatoms. The lowest BCUT2D eigenvalue weighted by Gasteiger charge is -2.11. The fourth-order valence-electron chi connectivity index (χ4n) is 1.70. The first-order valence-corrected chi connectivity index (χ1v) is 7.02. The van der Waals surface area contributed by atoms with Crippen molar-refractivity contribution in [3.63, 3.8) is 0 Å². The van der Waals surface area contributed by atoms with Crippen LogP contribution in [0.5, 0.6) is 0 Å². The van der Waals surface area contributed by atoms with Gasteiger partial charge in [-0.1, -0.05) is 12.1 Å². The highest BCUT2D eigenvalue weighted by molar-refractivity contribution is 5.93. The van der Waals surface area contributed by atoms with Crippen LogP contribution in [0.25, 0.3) is 0 Å². The average Bonchev–Trinajstić information content (AvgIpc) is 2.49. The lowest BCUT2D eigenvalue weighted by Crippen LogP contribution is -2.38. The number of hydrogen-bond donors (Lipinski definition) is 3. The summed E-state index contributed by atoms with van der Waals surface area (Å²) in [6.07, 6.45) is 0. The van der Waals surface area contributed by atoms with Gasteiger partial charge in [0.1, 0.15) is 0 Å². The summed E-state index contributed by atoms with van der Waals surface area (Å²) in [7, 11) is 3.46. The lowest BCUT2D eigenvalue weighted by molar-refractivity contribution is 0.0827. The Morgan fingerprint density at radius 3 is 2.43 bits per heavy atom. The van der Waals surface area contributed by atoms with Gasteiger partial charge in [0.2, 0.25) is 0 Å². The summed E-state index contributed by atoms with van der Waals surface area (Å²) < 4.78 is 0. The number of benzene rings is 1. The van der Waals surface area contributed by atoms with E-state index >= 15 is 0 Å². The largest absolute Gasteiger partial charge is 0.395 e. The van der Waals surface area contributed by atoms with Crippen molar-refractivity contribution in [2.45, 2.75) is 13.5 Å². The Balaban J connectivity index is 2.67. The molecule has 116 valence electrons. The van der Waals surface area contributed by atoms with Crippen molar-refractivity contribution in [1.29, 1.82) is 0 Å². The van der Waals surface area contributed by atoms with Gasteiger partial charge in [0.15, 0.2) is 5.96 Å². The molecule has 1 aromatic carbocycles. The second kappa shape index (κ2) is 8.97. The summed E-state index contributed by atoms with van der Waals surface area (Å²) in [5.41, 5.74) is 1.68. The van der Waals surface area contributed by atoms with Crippen LogP contribution in [-0.2, 0) is 6.54 Å². The normalized spacial score (nSPS) is 11.1. The smallest absolute Gasteiger partial charge is 0.253 e. The maximum atomic E-state index is 11.8. The van der Waals surface area contributed by atoms with Crippen molar-refractivity contribution in [2.75, 3.05) is 33.8 Å². The van der Waals surface area contributed by atoms with Crippen LogP contribution in [0.15, 0.2) is 29.3 Å². The molecule has 1 aromatic rings. The van der Waals surface area contributed by atoms with Crippen LogP contribution in [0.2, 0.25) is 0 Å². The molecule has 21 heavy (non-hydrogen) atoms. The van der Waals surface area contributed by atoms with Gasteiger partial charge in [-0.15, -0.1) is 0 Å². The van der Waals surface area contributed by atoms with E-state index in [1.807, 2.05) is 19.1 Å². The first-order chi connectivity index (χ1) is 10.1. The van der Waals surface area contributed by atoms with Crippen molar-refractivity contribution in [3.05, 3.63) is 35.4 Å². The van der Waals surface area contributed by atoms with E-state index in [1.54, 1.807) is 31.1 Å². The minimum absolute atomic E-state index is 0.0111. The van der Waals surface area contributed by atoms with Gasteiger partial charge in [-0.2, -0.15) is 0 Å². The lowest BCUT2D eigenvalue weighted by atomic mass is 10.1. The predicted molar refractivity (Wildman–Crippen MR) is 84.4 cm³/mol. The topological polar surface area (TPSA) is 77.0 Å². The second-order valence-corrected chi connectivity index (χ2v) is 4.74. The van der Waals surface area contributed by atoms with Crippen LogP contribution < -0.4 is 10.6 Å². The van der Waals surface area contributed by atoms with Gasteiger partial charge in [0.05, 0.1) is 13.2 Å². The number of rotatable bonds is 6. The summed E-state index contributed by atoms with van der Waals surface area (Å²) in [5, 5.41) is 14.9. The zero-order valence-electron chi connectivity index (χ0n) is 12.9. The van der Waals surface area contributed by atoms with E-state index in [2.05, 4.69) is 15.6 Å². The maximum Gasteiger partial charge on any atom is 0.253 e. The molecule has 0 atom stereocenters. The van der Waals surface area contributed by atoms with Crippen molar-refractivity contribution in [2.24, 2.45) is 4.99 Å². The van der Waals surface area contributed by atoms with E-state index in [4.69, 9.17) is 5.11 Å². The zero-order chi connectivity index (χ0) is 15.7. The number of carbonyl (C=O) groups is 1. The van der Waals surface area contributed by atoms with E-state index in [0.29, 0.717) is 24.6 Å². The summed E-state index contributed by atoms with van der Waals surface area (Å²) in [5.74, 6) is 0.656. The highest BCUT2D eigenvalue weighted by atomic mass is 16.3. The van der Waals surface area contributed by atoms with E-state index in [-0.39, 0.29) is 12.5 Å². The number of hydrogen-bond acceptors (Lipinski definition) is 3. The molecule has 0 heterocycles. The van der Waals surface area contributed by atoms with E-state index < -0.39 is 0 Å². The van der Waals surface area contributed by atoms with Gasteiger partial charge in [-0.25, -0.2) is 4.99 Å². The highest BCUT2D eigenvalue weighted by Gasteiger charge is 2.06. The van der Waals surface area contributed by atoms with Crippen molar-refractivity contribution in [1.82, 2.24) is 15.5 Å². The Labute approximate surface area is 125 Å². The van der Waals surface area contributed by atoms with E-state index in [0.717, 1.165) is 12.1 Å². The molecule has 0 unspecified atom stereocenters. The third-order valence-corrected chi connectivity index (χ3v) is 2.78. The van der Waals surface area contributed by atoms with Crippen LogP contribution in [0, 0.1) is 0 Å². The molecule has 0 bridgehead atoms. The van der Waals surface area contributed by atoms with Crippen LogP contribution in [-0.4, -0.2) is 55.7 Å². The molecule has 0 aliphatic carbocycles. The molecule has 3 N–H and O–H groups in total. The molecule has 0 radical (unpaired) electrons. The van der Waals surface area contributed by atoms with Crippen LogP contribution in [0.1, 0.15) is 22.8 Å². The molecule has 1 rings (SSSR count). The number of nitrogens with zero attached hydrogens (tertiary/aromatic N) is 2. The highest BCUT2D eigenvalue weighted by Crippen LogP contribution is 2.07. The molecular weight excluding hydrogens is 268 g/mol. The summed E-state index contributed by atoms with van der Waals surface area (Å²) in [6.45, 7) is 3.77. The fraction of sp³-hybridized carbons (Fsp3) is 0.467. The van der Waals surface area contributed by atoms with Gasteiger partial charge in [0.25, 0.3) is 5.91 Å². The monoisotopic (exact) mass is 292 g/mol. The molecular formula is C15H24N4O2. The van der Waals surface area contributed by atoms with E-state index in [9.17, 15) is 4.79 Å².